The standard InChI is InChI=1S/C24H36N2O4/c1-17(27)25-12-10-21-18(14-25)7-5-6-11-26(21)15-19-13-20(24(2,3)4)8-9-22(19)30-16-23(28)29/h8-9,13,18,21H,5-7,10-12,14-16H2,1-4H3,(H,28,29)/t18-,21-/m1/s1. The van der Waals surface area contributed by atoms with Crippen LogP contribution >= 0.6 is 0 Å². The van der Waals surface area contributed by atoms with Crippen LogP contribution in [0.25, 0.3) is 0 Å². The van der Waals surface area contributed by atoms with Crippen molar-refractivity contribution in [3.63, 3.8) is 0 Å². The molecule has 2 atom stereocenters. The lowest BCUT2D eigenvalue weighted by Gasteiger charge is -2.42. The van der Waals surface area contributed by atoms with E-state index in [2.05, 4.69) is 31.7 Å². The van der Waals surface area contributed by atoms with Crippen LogP contribution in [0.5, 0.6) is 5.75 Å². The van der Waals surface area contributed by atoms with Crippen molar-refractivity contribution in [1.82, 2.24) is 9.80 Å². The zero-order chi connectivity index (χ0) is 21.9. The molecule has 1 amide bonds. The molecule has 0 bridgehead atoms. The highest BCUT2D eigenvalue weighted by atomic mass is 16.5. The van der Waals surface area contributed by atoms with Crippen molar-refractivity contribution in [2.24, 2.45) is 5.92 Å². The van der Waals surface area contributed by atoms with E-state index in [0.717, 1.165) is 51.0 Å². The van der Waals surface area contributed by atoms with E-state index in [1.807, 2.05) is 17.0 Å². The van der Waals surface area contributed by atoms with Gasteiger partial charge in [-0.1, -0.05) is 39.3 Å². The molecule has 30 heavy (non-hydrogen) atoms. The monoisotopic (exact) mass is 416 g/mol. The summed E-state index contributed by atoms with van der Waals surface area (Å²) in [6, 6.07) is 6.60. The molecule has 2 saturated heterocycles. The second-order valence-electron chi connectivity index (χ2n) is 9.80. The van der Waals surface area contributed by atoms with Crippen molar-refractivity contribution in [2.75, 3.05) is 26.2 Å². The lowest BCUT2D eigenvalue weighted by Crippen LogP contribution is -2.51. The number of fused-ring (bicyclic) bond motifs is 1. The van der Waals surface area contributed by atoms with Crippen LogP contribution in [-0.2, 0) is 21.5 Å². The van der Waals surface area contributed by atoms with E-state index in [1.165, 1.54) is 12.0 Å². The Kier molecular flexibility index (Phi) is 7.06. The maximum atomic E-state index is 11.9. The van der Waals surface area contributed by atoms with Crippen molar-refractivity contribution >= 4 is 11.9 Å². The lowest BCUT2D eigenvalue weighted by molar-refractivity contribution is -0.139. The Morgan fingerprint density at radius 1 is 1.17 bits per heavy atom. The van der Waals surface area contributed by atoms with E-state index < -0.39 is 5.97 Å². The molecule has 6 nitrogen and oxygen atoms in total. The third-order valence-corrected chi connectivity index (χ3v) is 6.53. The molecule has 0 saturated carbocycles. The number of carboxylic acid groups (broad SMARTS) is 1. The van der Waals surface area contributed by atoms with Crippen molar-refractivity contribution in [1.29, 1.82) is 0 Å². The summed E-state index contributed by atoms with van der Waals surface area (Å²) in [5.74, 6) is 0.366. The summed E-state index contributed by atoms with van der Waals surface area (Å²) in [6.07, 6.45) is 4.50. The summed E-state index contributed by atoms with van der Waals surface area (Å²) in [6.45, 7) is 11.3. The molecule has 1 aromatic rings. The fourth-order valence-corrected chi connectivity index (χ4v) is 4.82. The number of hydrogen-bond acceptors (Lipinski definition) is 4. The molecule has 2 heterocycles. The highest BCUT2D eigenvalue weighted by Crippen LogP contribution is 2.34. The summed E-state index contributed by atoms with van der Waals surface area (Å²) in [5, 5.41) is 9.06. The third-order valence-electron chi connectivity index (χ3n) is 6.53. The average molecular weight is 417 g/mol. The SMILES string of the molecule is CC(=O)N1CC[C@@H]2[C@H](CCCCN2Cc2cc(C(C)(C)C)ccc2OCC(=O)O)C1. The first-order valence-electron chi connectivity index (χ1n) is 11.1. The minimum absolute atomic E-state index is 0.00816. The molecular weight excluding hydrogens is 380 g/mol. The van der Waals surface area contributed by atoms with Crippen LogP contribution in [0.15, 0.2) is 18.2 Å². The fraction of sp³-hybridized carbons (Fsp3) is 0.667. The Hall–Kier alpha value is -2.08. The van der Waals surface area contributed by atoms with E-state index in [9.17, 15) is 9.59 Å². The molecule has 0 aliphatic carbocycles. The number of ether oxygens (including phenoxy) is 1. The molecule has 0 unspecified atom stereocenters. The maximum absolute atomic E-state index is 11.9. The van der Waals surface area contributed by atoms with Gasteiger partial charge in [0.05, 0.1) is 0 Å². The minimum atomic E-state index is -0.965. The van der Waals surface area contributed by atoms with Crippen LogP contribution in [0.1, 0.15) is 64.5 Å². The highest BCUT2D eigenvalue weighted by molar-refractivity contribution is 5.73. The van der Waals surface area contributed by atoms with Crippen molar-refractivity contribution in [3.05, 3.63) is 29.3 Å². The highest BCUT2D eigenvalue weighted by Gasteiger charge is 2.35. The number of likely N-dealkylation sites (tertiary alicyclic amines) is 2. The van der Waals surface area contributed by atoms with E-state index in [0.29, 0.717) is 17.7 Å². The lowest BCUT2D eigenvalue weighted by atomic mass is 9.85. The van der Waals surface area contributed by atoms with Crippen LogP contribution in [0.3, 0.4) is 0 Å². The molecule has 1 N–H and O–H groups in total. The number of benzene rings is 1. The normalized spacial score (nSPS) is 22.9. The number of nitrogens with zero attached hydrogens (tertiary/aromatic N) is 2. The second-order valence-corrected chi connectivity index (χ2v) is 9.80. The number of rotatable bonds is 5. The average Bonchev–Trinajstić information content (AvgIpc) is 2.87. The van der Waals surface area contributed by atoms with Gasteiger partial charge in [0.15, 0.2) is 6.61 Å². The van der Waals surface area contributed by atoms with Gasteiger partial charge in [0.25, 0.3) is 0 Å². The maximum Gasteiger partial charge on any atom is 0.341 e. The van der Waals surface area contributed by atoms with E-state index in [1.54, 1.807) is 6.92 Å². The first kappa shape index (κ1) is 22.6. The summed E-state index contributed by atoms with van der Waals surface area (Å²) >= 11 is 0. The fourth-order valence-electron chi connectivity index (χ4n) is 4.82. The van der Waals surface area contributed by atoms with Crippen LogP contribution in [0.4, 0.5) is 0 Å². The molecule has 166 valence electrons. The largest absolute Gasteiger partial charge is 0.482 e. The number of carbonyl (C=O) groups is 2. The minimum Gasteiger partial charge on any atom is -0.482 e. The van der Waals surface area contributed by atoms with E-state index in [4.69, 9.17) is 9.84 Å². The number of carboxylic acids is 1. The van der Waals surface area contributed by atoms with Gasteiger partial charge in [-0.05, 0) is 48.8 Å². The van der Waals surface area contributed by atoms with Crippen LogP contribution < -0.4 is 4.74 Å². The Labute approximate surface area is 180 Å². The smallest absolute Gasteiger partial charge is 0.341 e. The zero-order valence-electron chi connectivity index (χ0n) is 18.8. The van der Waals surface area contributed by atoms with Gasteiger partial charge in [-0.2, -0.15) is 0 Å². The van der Waals surface area contributed by atoms with Crippen molar-refractivity contribution in [3.8, 4) is 5.75 Å². The Morgan fingerprint density at radius 3 is 2.60 bits per heavy atom. The first-order chi connectivity index (χ1) is 14.1. The zero-order valence-corrected chi connectivity index (χ0v) is 18.8. The quantitative estimate of drug-likeness (QED) is 0.793. The van der Waals surface area contributed by atoms with Gasteiger partial charge in [0.2, 0.25) is 5.91 Å². The van der Waals surface area contributed by atoms with Gasteiger partial charge in [-0.15, -0.1) is 0 Å². The number of hydrogen-bond donors (Lipinski definition) is 1. The Morgan fingerprint density at radius 2 is 1.93 bits per heavy atom. The predicted molar refractivity (Wildman–Crippen MR) is 117 cm³/mol. The van der Waals surface area contributed by atoms with Gasteiger partial charge in [0.1, 0.15) is 5.75 Å². The van der Waals surface area contributed by atoms with Gasteiger partial charge >= 0.3 is 5.97 Å². The van der Waals surface area contributed by atoms with Gasteiger partial charge < -0.3 is 14.7 Å². The third kappa shape index (κ3) is 5.54. The number of carbonyl (C=O) groups excluding carboxylic acids is 1. The van der Waals surface area contributed by atoms with Crippen LogP contribution in [0, 0.1) is 5.92 Å². The number of piperidine rings is 1. The number of amides is 1. The topological polar surface area (TPSA) is 70.1 Å². The molecule has 0 radical (unpaired) electrons. The summed E-state index contributed by atoms with van der Waals surface area (Å²) < 4.78 is 5.64. The summed E-state index contributed by atoms with van der Waals surface area (Å²) in [5.41, 5.74) is 2.28. The molecule has 0 spiro atoms. The molecule has 2 aliphatic heterocycles. The number of aliphatic carboxylic acids is 1. The van der Waals surface area contributed by atoms with Crippen LogP contribution in [-0.4, -0.2) is 59.1 Å². The van der Waals surface area contributed by atoms with Gasteiger partial charge in [0, 0.05) is 38.2 Å². The molecular formula is C24H36N2O4. The van der Waals surface area contributed by atoms with Crippen LogP contribution in [0.2, 0.25) is 0 Å². The van der Waals surface area contributed by atoms with Crippen molar-refractivity contribution in [2.45, 2.75) is 71.4 Å². The second kappa shape index (κ2) is 9.38. The van der Waals surface area contributed by atoms with E-state index in [-0.39, 0.29) is 17.9 Å². The molecule has 1 aromatic carbocycles. The molecule has 0 aromatic heterocycles. The van der Waals surface area contributed by atoms with Crippen molar-refractivity contribution < 1.29 is 19.4 Å². The Bertz CT molecular complexity index is 771. The first-order valence-corrected chi connectivity index (χ1v) is 11.1. The summed E-state index contributed by atoms with van der Waals surface area (Å²) in [7, 11) is 0. The summed E-state index contributed by atoms with van der Waals surface area (Å²) in [4.78, 5) is 27.5. The predicted octanol–water partition coefficient (Wildman–Crippen LogP) is 3.67. The molecule has 6 heteroatoms. The van der Waals surface area contributed by atoms with Gasteiger partial charge in [-0.25, -0.2) is 4.79 Å². The molecule has 2 aliphatic rings. The van der Waals surface area contributed by atoms with Gasteiger partial charge in [-0.3, -0.25) is 9.69 Å². The molecule has 2 fully saturated rings. The Balaban J connectivity index is 1.85. The molecule has 3 rings (SSSR count). The van der Waals surface area contributed by atoms with E-state index >= 15 is 0 Å².